The molecule has 2 rings (SSSR count). The monoisotopic (exact) mass is 419 g/mol. The zero-order valence-corrected chi connectivity index (χ0v) is 14.1. The molecular weight excluding hydrogens is 405 g/mol. The second-order valence-corrected chi connectivity index (χ2v) is 6.25. The number of halogens is 2. The molecule has 1 N–H and O–H groups in total. The summed E-state index contributed by atoms with van der Waals surface area (Å²) in [5.74, 6) is 0. The summed E-state index contributed by atoms with van der Waals surface area (Å²) in [4.78, 5) is 0. The lowest BCUT2D eigenvalue weighted by Gasteiger charge is -2.17. The van der Waals surface area contributed by atoms with Crippen LogP contribution in [0.1, 0.15) is 25.5 Å². The van der Waals surface area contributed by atoms with Gasteiger partial charge in [0.15, 0.2) is 0 Å². The predicted octanol–water partition coefficient (Wildman–Crippen LogP) is 3.91. The van der Waals surface area contributed by atoms with Crippen LogP contribution in [0.4, 0.5) is 0 Å². The number of rotatable bonds is 4. The lowest BCUT2D eigenvalue weighted by molar-refractivity contribution is 0.593. The number of hydrogen-bond acceptors (Lipinski definition) is 2. The van der Waals surface area contributed by atoms with Crippen LogP contribution in [-0.2, 0) is 0 Å². The van der Waals surface area contributed by atoms with Crippen LogP contribution in [0.3, 0.4) is 0 Å². The highest BCUT2D eigenvalue weighted by atomic mass is 127. The van der Waals surface area contributed by atoms with E-state index in [1.807, 2.05) is 23.1 Å². The van der Waals surface area contributed by atoms with E-state index < -0.39 is 0 Å². The van der Waals surface area contributed by atoms with Crippen LogP contribution in [0, 0.1) is 3.57 Å². The number of aromatic nitrogens is 2. The van der Waals surface area contributed by atoms with Gasteiger partial charge < -0.3 is 5.32 Å². The fourth-order valence-electron chi connectivity index (χ4n) is 1.93. The van der Waals surface area contributed by atoms with Crippen LogP contribution < -0.4 is 5.32 Å². The Morgan fingerprint density at radius 3 is 2.89 bits per heavy atom. The van der Waals surface area contributed by atoms with Crippen LogP contribution in [0.15, 0.2) is 35.1 Å². The molecule has 0 radical (unpaired) electrons. The lowest BCUT2D eigenvalue weighted by Crippen LogP contribution is -2.19. The number of hydrogen-bond donors (Lipinski definition) is 1. The molecule has 2 aromatic rings. The lowest BCUT2D eigenvalue weighted by atomic mass is 10.1. The minimum absolute atomic E-state index is 0.296. The molecule has 0 amide bonds. The molecular formula is C13H15BrIN3. The molecule has 96 valence electrons. The molecule has 18 heavy (non-hydrogen) atoms. The zero-order valence-electron chi connectivity index (χ0n) is 10.3. The van der Waals surface area contributed by atoms with Crippen molar-refractivity contribution in [2.75, 3.05) is 6.54 Å². The van der Waals surface area contributed by atoms with Crippen molar-refractivity contribution in [1.29, 1.82) is 0 Å². The maximum absolute atomic E-state index is 4.38. The topological polar surface area (TPSA) is 29.9 Å². The van der Waals surface area contributed by atoms with Gasteiger partial charge in [0, 0.05) is 16.7 Å². The Bertz CT molecular complexity index is 539. The third-order valence-corrected chi connectivity index (χ3v) is 3.81. The smallest absolute Gasteiger partial charge is 0.0694 e. The molecule has 1 atom stereocenters. The summed E-state index contributed by atoms with van der Waals surface area (Å²) >= 11 is 5.81. The van der Waals surface area contributed by atoms with Crippen LogP contribution >= 0.6 is 38.5 Å². The van der Waals surface area contributed by atoms with Crippen molar-refractivity contribution in [2.45, 2.75) is 19.9 Å². The van der Waals surface area contributed by atoms with Gasteiger partial charge in [-0.25, -0.2) is 4.68 Å². The summed E-state index contributed by atoms with van der Waals surface area (Å²) < 4.78 is 4.16. The Kier molecular flexibility index (Phi) is 4.80. The summed E-state index contributed by atoms with van der Waals surface area (Å²) in [6.07, 6.45) is 3.90. The van der Waals surface area contributed by atoms with Crippen molar-refractivity contribution in [3.8, 4) is 5.69 Å². The van der Waals surface area contributed by atoms with Crippen molar-refractivity contribution in [3.63, 3.8) is 0 Å². The summed E-state index contributed by atoms with van der Waals surface area (Å²) in [5, 5.41) is 7.83. The van der Waals surface area contributed by atoms with Gasteiger partial charge in [-0.05, 0) is 59.8 Å². The normalized spacial score (nSPS) is 12.7. The Labute approximate surface area is 129 Å². The van der Waals surface area contributed by atoms with E-state index in [0.29, 0.717) is 6.04 Å². The first-order valence-electron chi connectivity index (χ1n) is 5.85. The molecule has 0 bridgehead atoms. The van der Waals surface area contributed by atoms with E-state index in [9.17, 15) is 0 Å². The van der Waals surface area contributed by atoms with Gasteiger partial charge in [-0.2, -0.15) is 5.10 Å². The van der Waals surface area contributed by atoms with Crippen molar-refractivity contribution < 1.29 is 0 Å². The third kappa shape index (κ3) is 3.13. The molecule has 3 nitrogen and oxygen atoms in total. The first-order valence-corrected chi connectivity index (χ1v) is 7.72. The van der Waals surface area contributed by atoms with Crippen LogP contribution in [0.5, 0.6) is 0 Å². The van der Waals surface area contributed by atoms with Gasteiger partial charge in [-0.15, -0.1) is 0 Å². The quantitative estimate of drug-likeness (QED) is 0.761. The maximum Gasteiger partial charge on any atom is 0.0694 e. The average Bonchev–Trinajstić information content (AvgIpc) is 2.76. The van der Waals surface area contributed by atoms with Crippen LogP contribution in [0.25, 0.3) is 5.69 Å². The standard InChI is InChI=1S/C13H15BrIN3/c1-3-16-9(2)12-6-10(14)4-5-13(12)18-8-11(15)7-17-18/h4-9,16H,3H2,1-2H3. The Hall–Kier alpha value is -0.400. The molecule has 5 heteroatoms. The summed E-state index contributed by atoms with van der Waals surface area (Å²) in [6.45, 7) is 5.23. The van der Waals surface area contributed by atoms with Crippen LogP contribution in [0.2, 0.25) is 0 Å². The molecule has 0 aliphatic heterocycles. The van der Waals surface area contributed by atoms with Gasteiger partial charge in [0.25, 0.3) is 0 Å². The molecule has 0 aliphatic rings. The van der Waals surface area contributed by atoms with Gasteiger partial charge in [-0.3, -0.25) is 0 Å². The second kappa shape index (κ2) is 6.16. The van der Waals surface area contributed by atoms with Gasteiger partial charge in [0.05, 0.1) is 15.5 Å². The third-order valence-electron chi connectivity index (χ3n) is 2.76. The predicted molar refractivity (Wildman–Crippen MR) is 86.1 cm³/mol. The largest absolute Gasteiger partial charge is 0.310 e. The molecule has 1 heterocycles. The van der Waals surface area contributed by atoms with E-state index in [0.717, 1.165) is 20.3 Å². The van der Waals surface area contributed by atoms with E-state index in [1.165, 1.54) is 5.56 Å². The molecule has 1 aromatic carbocycles. The van der Waals surface area contributed by atoms with E-state index in [1.54, 1.807) is 0 Å². The highest BCUT2D eigenvalue weighted by Crippen LogP contribution is 2.25. The fraction of sp³-hybridized carbons (Fsp3) is 0.308. The van der Waals surface area contributed by atoms with Gasteiger partial charge in [0.1, 0.15) is 0 Å². The minimum Gasteiger partial charge on any atom is -0.310 e. The summed E-state index contributed by atoms with van der Waals surface area (Å²) in [5.41, 5.74) is 2.36. The summed E-state index contributed by atoms with van der Waals surface area (Å²) in [6, 6.07) is 6.59. The Balaban J connectivity index is 2.46. The summed E-state index contributed by atoms with van der Waals surface area (Å²) in [7, 11) is 0. The number of benzene rings is 1. The van der Waals surface area contributed by atoms with Crippen molar-refractivity contribution >= 4 is 38.5 Å². The fourth-order valence-corrected chi connectivity index (χ4v) is 2.70. The average molecular weight is 420 g/mol. The number of nitrogens with zero attached hydrogens (tertiary/aromatic N) is 2. The van der Waals surface area contributed by atoms with Crippen LogP contribution in [-0.4, -0.2) is 16.3 Å². The van der Waals surface area contributed by atoms with Crippen molar-refractivity contribution in [1.82, 2.24) is 15.1 Å². The number of nitrogens with one attached hydrogen (secondary N) is 1. The Morgan fingerprint density at radius 2 is 2.28 bits per heavy atom. The van der Waals surface area contributed by atoms with Gasteiger partial charge >= 0.3 is 0 Å². The second-order valence-electron chi connectivity index (χ2n) is 4.09. The molecule has 0 saturated heterocycles. The Morgan fingerprint density at radius 1 is 1.50 bits per heavy atom. The van der Waals surface area contributed by atoms with E-state index in [4.69, 9.17) is 0 Å². The highest BCUT2D eigenvalue weighted by Gasteiger charge is 2.12. The minimum atomic E-state index is 0.296. The first-order chi connectivity index (χ1) is 8.61. The molecule has 0 fully saturated rings. The molecule has 0 saturated carbocycles. The molecule has 0 aliphatic carbocycles. The zero-order chi connectivity index (χ0) is 13.1. The molecule has 0 spiro atoms. The van der Waals surface area contributed by atoms with E-state index >= 15 is 0 Å². The van der Waals surface area contributed by atoms with Gasteiger partial charge in [-0.1, -0.05) is 22.9 Å². The van der Waals surface area contributed by atoms with E-state index in [-0.39, 0.29) is 0 Å². The molecule has 1 unspecified atom stereocenters. The maximum atomic E-state index is 4.38. The van der Waals surface area contributed by atoms with Gasteiger partial charge in [0.2, 0.25) is 0 Å². The SMILES string of the molecule is CCNC(C)c1cc(Br)ccc1-n1cc(I)cn1. The van der Waals surface area contributed by atoms with Crippen molar-refractivity contribution in [3.05, 3.63) is 44.2 Å². The molecule has 1 aromatic heterocycles. The highest BCUT2D eigenvalue weighted by molar-refractivity contribution is 14.1. The van der Waals surface area contributed by atoms with E-state index in [2.05, 4.69) is 74.9 Å². The first kappa shape index (κ1) is 14.0. The van der Waals surface area contributed by atoms with Crippen molar-refractivity contribution in [2.24, 2.45) is 0 Å².